The van der Waals surface area contributed by atoms with Gasteiger partial charge in [0.05, 0.1) is 0 Å². The lowest BCUT2D eigenvalue weighted by Gasteiger charge is -2.13. The molecule has 0 bridgehead atoms. The summed E-state index contributed by atoms with van der Waals surface area (Å²) < 4.78 is 0. The molecule has 110 valence electrons. The lowest BCUT2D eigenvalue weighted by molar-refractivity contribution is 0.916. The highest BCUT2D eigenvalue weighted by Gasteiger charge is 2.38. The number of rotatable bonds is 5. The number of aromatic nitrogens is 2. The van der Waals surface area contributed by atoms with Crippen LogP contribution in [0.1, 0.15) is 36.2 Å². The fraction of sp³-hybridized carbons (Fsp3) is 0.375. The summed E-state index contributed by atoms with van der Waals surface area (Å²) in [6.07, 6.45) is 1.93. The van der Waals surface area contributed by atoms with Gasteiger partial charge in [0.2, 0.25) is 0 Å². The largest absolute Gasteiger partial charge is 0.366 e. The molecule has 2 aromatic rings. The highest BCUT2D eigenvalue weighted by molar-refractivity contribution is 5.58. The molecule has 4 N–H and O–H groups in total. The third-order valence-electron chi connectivity index (χ3n) is 3.99. The van der Waals surface area contributed by atoms with Gasteiger partial charge in [-0.15, -0.1) is 0 Å². The standard InChI is InChI=1S/C16H21N5/c1-3-14-19-15(10(2)16(20-14)21-17)18-13-9-12(13)11-7-5-4-6-8-11/h4-8,12-13H,3,9,17H2,1-2H3,(H2,18,19,20,21). The van der Waals surface area contributed by atoms with E-state index in [0.29, 0.717) is 17.8 Å². The van der Waals surface area contributed by atoms with Crippen LogP contribution in [0.2, 0.25) is 0 Å². The number of hydrogen-bond donors (Lipinski definition) is 3. The minimum atomic E-state index is 0.441. The Kier molecular flexibility index (Phi) is 3.75. The normalized spacial score (nSPS) is 20.1. The summed E-state index contributed by atoms with van der Waals surface area (Å²) in [5.41, 5.74) is 5.01. The van der Waals surface area contributed by atoms with Gasteiger partial charge < -0.3 is 10.7 Å². The van der Waals surface area contributed by atoms with Crippen molar-refractivity contribution in [1.82, 2.24) is 9.97 Å². The van der Waals surface area contributed by atoms with Gasteiger partial charge in [0.1, 0.15) is 17.5 Å². The SMILES string of the molecule is CCc1nc(NN)c(C)c(NC2CC2c2ccccc2)n1. The van der Waals surface area contributed by atoms with Gasteiger partial charge in [-0.3, -0.25) is 0 Å². The molecule has 0 saturated heterocycles. The van der Waals surface area contributed by atoms with E-state index in [9.17, 15) is 0 Å². The second-order valence-electron chi connectivity index (χ2n) is 5.46. The highest BCUT2D eigenvalue weighted by Crippen LogP contribution is 2.43. The van der Waals surface area contributed by atoms with Gasteiger partial charge in [-0.05, 0) is 18.9 Å². The van der Waals surface area contributed by atoms with E-state index in [1.54, 1.807) is 0 Å². The Morgan fingerprint density at radius 3 is 2.57 bits per heavy atom. The third-order valence-corrected chi connectivity index (χ3v) is 3.99. The van der Waals surface area contributed by atoms with E-state index in [4.69, 9.17) is 5.84 Å². The molecule has 1 aliphatic carbocycles. The number of nitrogens with two attached hydrogens (primary N) is 1. The van der Waals surface area contributed by atoms with Crippen molar-refractivity contribution in [3.8, 4) is 0 Å². The zero-order valence-corrected chi connectivity index (χ0v) is 12.4. The van der Waals surface area contributed by atoms with Crippen LogP contribution in [0.4, 0.5) is 11.6 Å². The van der Waals surface area contributed by atoms with E-state index < -0.39 is 0 Å². The van der Waals surface area contributed by atoms with Crippen molar-refractivity contribution in [2.24, 2.45) is 5.84 Å². The predicted octanol–water partition coefficient (Wildman–Crippen LogP) is 2.60. The fourth-order valence-electron chi connectivity index (χ4n) is 2.60. The molecule has 1 aliphatic rings. The quantitative estimate of drug-likeness (QED) is 0.581. The van der Waals surface area contributed by atoms with Gasteiger partial charge in [-0.25, -0.2) is 15.8 Å². The summed E-state index contributed by atoms with van der Waals surface area (Å²) in [5.74, 6) is 8.49. The van der Waals surface area contributed by atoms with E-state index >= 15 is 0 Å². The molecule has 1 aromatic heterocycles. The van der Waals surface area contributed by atoms with Crippen LogP contribution in [0, 0.1) is 6.92 Å². The molecule has 3 rings (SSSR count). The third kappa shape index (κ3) is 2.83. The Morgan fingerprint density at radius 2 is 1.90 bits per heavy atom. The zero-order valence-electron chi connectivity index (χ0n) is 12.4. The molecule has 0 spiro atoms. The number of nitrogen functional groups attached to an aromatic ring is 1. The lowest BCUT2D eigenvalue weighted by Crippen LogP contribution is -2.16. The number of hydrogen-bond acceptors (Lipinski definition) is 5. The molecule has 1 aromatic carbocycles. The summed E-state index contributed by atoms with van der Waals surface area (Å²) in [5, 5.41) is 3.54. The summed E-state index contributed by atoms with van der Waals surface area (Å²) in [6.45, 7) is 4.02. The summed E-state index contributed by atoms with van der Waals surface area (Å²) in [7, 11) is 0. The first kappa shape index (κ1) is 13.8. The van der Waals surface area contributed by atoms with Crippen molar-refractivity contribution in [3.63, 3.8) is 0 Å². The average molecular weight is 283 g/mol. The fourth-order valence-corrected chi connectivity index (χ4v) is 2.60. The van der Waals surface area contributed by atoms with E-state index in [-0.39, 0.29) is 0 Å². The number of benzene rings is 1. The topological polar surface area (TPSA) is 75.9 Å². The number of nitrogens with one attached hydrogen (secondary N) is 2. The minimum Gasteiger partial charge on any atom is -0.366 e. The smallest absolute Gasteiger partial charge is 0.148 e. The van der Waals surface area contributed by atoms with Crippen molar-refractivity contribution >= 4 is 11.6 Å². The summed E-state index contributed by atoms with van der Waals surface area (Å²) in [6, 6.07) is 11.0. The molecule has 0 radical (unpaired) electrons. The summed E-state index contributed by atoms with van der Waals surface area (Å²) in [4.78, 5) is 8.98. The van der Waals surface area contributed by atoms with Gasteiger partial charge in [0.15, 0.2) is 0 Å². The first-order valence-corrected chi connectivity index (χ1v) is 7.38. The van der Waals surface area contributed by atoms with Crippen molar-refractivity contribution in [3.05, 3.63) is 47.3 Å². The van der Waals surface area contributed by atoms with Crippen molar-refractivity contribution in [2.45, 2.75) is 38.6 Å². The Balaban J connectivity index is 1.77. The van der Waals surface area contributed by atoms with Crippen LogP contribution in [-0.4, -0.2) is 16.0 Å². The highest BCUT2D eigenvalue weighted by atomic mass is 15.3. The van der Waals surface area contributed by atoms with Crippen LogP contribution in [0.15, 0.2) is 30.3 Å². The molecular weight excluding hydrogens is 262 g/mol. The molecule has 1 saturated carbocycles. The molecule has 21 heavy (non-hydrogen) atoms. The molecule has 0 amide bonds. The molecule has 2 atom stereocenters. The molecule has 5 nitrogen and oxygen atoms in total. The number of aryl methyl sites for hydroxylation is 1. The molecule has 2 unspecified atom stereocenters. The molecule has 0 aliphatic heterocycles. The Hall–Kier alpha value is -2.14. The van der Waals surface area contributed by atoms with Crippen LogP contribution in [0.5, 0.6) is 0 Å². The van der Waals surface area contributed by atoms with E-state index in [1.165, 1.54) is 5.56 Å². The van der Waals surface area contributed by atoms with Crippen molar-refractivity contribution < 1.29 is 0 Å². The van der Waals surface area contributed by atoms with Crippen LogP contribution >= 0.6 is 0 Å². The predicted molar refractivity (Wildman–Crippen MR) is 85.2 cm³/mol. The number of nitrogens with zero attached hydrogens (tertiary/aromatic N) is 2. The van der Waals surface area contributed by atoms with E-state index in [0.717, 1.165) is 30.0 Å². The second kappa shape index (κ2) is 5.69. The molecular formula is C16H21N5. The molecule has 1 fully saturated rings. The van der Waals surface area contributed by atoms with Gasteiger partial charge >= 0.3 is 0 Å². The first-order valence-electron chi connectivity index (χ1n) is 7.38. The Bertz CT molecular complexity index is 626. The number of anilines is 2. The average Bonchev–Trinajstić information content (AvgIpc) is 3.29. The van der Waals surface area contributed by atoms with Crippen LogP contribution < -0.4 is 16.6 Å². The van der Waals surface area contributed by atoms with Gasteiger partial charge in [-0.1, -0.05) is 37.3 Å². The van der Waals surface area contributed by atoms with E-state index in [2.05, 4.69) is 51.0 Å². The second-order valence-corrected chi connectivity index (χ2v) is 5.46. The maximum atomic E-state index is 5.54. The van der Waals surface area contributed by atoms with Gasteiger partial charge in [0, 0.05) is 23.9 Å². The first-order chi connectivity index (χ1) is 10.2. The molecule has 1 heterocycles. The van der Waals surface area contributed by atoms with Crippen molar-refractivity contribution in [2.75, 3.05) is 10.7 Å². The maximum absolute atomic E-state index is 5.54. The van der Waals surface area contributed by atoms with Crippen LogP contribution in [-0.2, 0) is 6.42 Å². The van der Waals surface area contributed by atoms with Gasteiger partial charge in [0.25, 0.3) is 0 Å². The van der Waals surface area contributed by atoms with Crippen molar-refractivity contribution in [1.29, 1.82) is 0 Å². The minimum absolute atomic E-state index is 0.441. The molecule has 5 heteroatoms. The Labute approximate surface area is 125 Å². The summed E-state index contributed by atoms with van der Waals surface area (Å²) >= 11 is 0. The Morgan fingerprint density at radius 1 is 1.19 bits per heavy atom. The van der Waals surface area contributed by atoms with Gasteiger partial charge in [-0.2, -0.15) is 0 Å². The lowest BCUT2D eigenvalue weighted by atomic mass is 10.1. The monoisotopic (exact) mass is 283 g/mol. The number of hydrazine groups is 1. The van der Waals surface area contributed by atoms with Crippen LogP contribution in [0.25, 0.3) is 0 Å². The van der Waals surface area contributed by atoms with E-state index in [1.807, 2.05) is 13.8 Å². The zero-order chi connectivity index (χ0) is 14.8. The maximum Gasteiger partial charge on any atom is 0.148 e. The van der Waals surface area contributed by atoms with Crippen LogP contribution in [0.3, 0.4) is 0 Å².